The topological polar surface area (TPSA) is 80.9 Å². The molecule has 0 aliphatic heterocycles. The van der Waals surface area contributed by atoms with Crippen LogP contribution in [0.3, 0.4) is 0 Å². The molecular formula is C16H14N4O. The van der Waals surface area contributed by atoms with Crippen LogP contribution < -0.4 is 11.1 Å². The first-order chi connectivity index (χ1) is 10.3. The number of carbonyl (C=O) groups is 1. The Labute approximate surface area is 121 Å². The number of amides is 1. The van der Waals surface area contributed by atoms with Gasteiger partial charge in [0.25, 0.3) is 5.91 Å². The third kappa shape index (κ3) is 2.67. The highest BCUT2D eigenvalue weighted by atomic mass is 16.1. The van der Waals surface area contributed by atoms with Crippen LogP contribution in [0.1, 0.15) is 16.1 Å². The van der Waals surface area contributed by atoms with Crippen molar-refractivity contribution in [2.75, 3.05) is 5.73 Å². The lowest BCUT2D eigenvalue weighted by atomic mass is 10.2. The van der Waals surface area contributed by atoms with Crippen LogP contribution in [-0.2, 0) is 6.54 Å². The third-order valence-electron chi connectivity index (χ3n) is 3.19. The minimum atomic E-state index is -0.302. The predicted molar refractivity (Wildman–Crippen MR) is 81.6 cm³/mol. The molecule has 21 heavy (non-hydrogen) atoms. The number of benzene rings is 1. The fraction of sp³-hybridized carbons (Fsp3) is 0.0625. The highest BCUT2D eigenvalue weighted by molar-refractivity contribution is 6.04. The molecule has 3 rings (SSSR count). The van der Waals surface area contributed by atoms with Crippen molar-refractivity contribution in [2.45, 2.75) is 6.54 Å². The van der Waals surface area contributed by atoms with E-state index < -0.39 is 0 Å². The van der Waals surface area contributed by atoms with Crippen molar-refractivity contribution in [2.24, 2.45) is 0 Å². The number of nitrogen functional groups attached to an aromatic ring is 1. The van der Waals surface area contributed by atoms with Crippen LogP contribution >= 0.6 is 0 Å². The van der Waals surface area contributed by atoms with Gasteiger partial charge in [-0.2, -0.15) is 0 Å². The number of pyridine rings is 2. The third-order valence-corrected chi connectivity index (χ3v) is 3.19. The highest BCUT2D eigenvalue weighted by Crippen LogP contribution is 2.20. The van der Waals surface area contributed by atoms with E-state index in [0.29, 0.717) is 17.7 Å². The summed E-state index contributed by atoms with van der Waals surface area (Å²) in [6.07, 6.45) is 3.25. The maximum Gasteiger partial charge on any atom is 0.272 e. The number of hydrogen-bond donors (Lipinski definition) is 2. The number of hydrogen-bond acceptors (Lipinski definition) is 4. The number of anilines is 1. The molecule has 2 heterocycles. The second kappa shape index (κ2) is 5.58. The molecule has 3 N–H and O–H groups in total. The van der Waals surface area contributed by atoms with Crippen LogP contribution in [0.15, 0.2) is 54.9 Å². The molecule has 0 unspecified atom stereocenters. The number of fused-ring (bicyclic) bond motifs is 1. The summed E-state index contributed by atoms with van der Waals surface area (Å²) >= 11 is 0. The van der Waals surface area contributed by atoms with Gasteiger partial charge in [0, 0.05) is 24.3 Å². The van der Waals surface area contributed by atoms with E-state index in [1.807, 2.05) is 36.4 Å². The Morgan fingerprint density at radius 2 is 1.90 bits per heavy atom. The lowest BCUT2D eigenvalue weighted by molar-refractivity contribution is 0.0947. The molecule has 0 radical (unpaired) electrons. The van der Waals surface area contributed by atoms with E-state index in [-0.39, 0.29) is 11.6 Å². The van der Waals surface area contributed by atoms with Crippen LogP contribution in [0.5, 0.6) is 0 Å². The van der Waals surface area contributed by atoms with E-state index in [9.17, 15) is 4.79 Å². The lowest BCUT2D eigenvalue weighted by Crippen LogP contribution is -2.25. The first-order valence-electron chi connectivity index (χ1n) is 6.57. The minimum absolute atomic E-state index is 0.206. The van der Waals surface area contributed by atoms with Gasteiger partial charge in [-0.1, -0.05) is 30.3 Å². The van der Waals surface area contributed by atoms with Gasteiger partial charge in [0.1, 0.15) is 0 Å². The number of aromatic nitrogens is 2. The van der Waals surface area contributed by atoms with Crippen molar-refractivity contribution < 1.29 is 4.79 Å². The molecule has 0 aliphatic rings. The molecular weight excluding hydrogens is 264 g/mol. The highest BCUT2D eigenvalue weighted by Gasteiger charge is 2.14. The Kier molecular flexibility index (Phi) is 3.47. The predicted octanol–water partition coefficient (Wildman–Crippen LogP) is 2.14. The maximum absolute atomic E-state index is 12.2. The average molecular weight is 278 g/mol. The smallest absolute Gasteiger partial charge is 0.272 e. The first-order valence-corrected chi connectivity index (χ1v) is 6.57. The van der Waals surface area contributed by atoms with Crippen LogP contribution in [0, 0.1) is 0 Å². The molecule has 0 aliphatic carbocycles. The van der Waals surface area contributed by atoms with E-state index >= 15 is 0 Å². The van der Waals surface area contributed by atoms with E-state index in [4.69, 9.17) is 5.73 Å². The van der Waals surface area contributed by atoms with Gasteiger partial charge in [0.2, 0.25) is 0 Å². The Morgan fingerprint density at radius 3 is 2.71 bits per heavy atom. The van der Waals surface area contributed by atoms with E-state index in [0.717, 1.165) is 10.9 Å². The SMILES string of the molecule is Nc1c(C(=O)NCc2ccccc2)ncc2cccnc12. The van der Waals surface area contributed by atoms with Gasteiger partial charge < -0.3 is 11.1 Å². The molecule has 1 aromatic carbocycles. The van der Waals surface area contributed by atoms with E-state index in [1.165, 1.54) is 0 Å². The summed E-state index contributed by atoms with van der Waals surface area (Å²) in [4.78, 5) is 20.5. The van der Waals surface area contributed by atoms with Gasteiger partial charge >= 0.3 is 0 Å². The molecule has 1 amide bonds. The Morgan fingerprint density at radius 1 is 1.10 bits per heavy atom. The van der Waals surface area contributed by atoms with Crippen LogP contribution in [-0.4, -0.2) is 15.9 Å². The number of nitrogens with one attached hydrogen (secondary N) is 1. The molecule has 104 valence electrons. The van der Waals surface area contributed by atoms with Gasteiger partial charge in [-0.25, -0.2) is 4.98 Å². The largest absolute Gasteiger partial charge is 0.395 e. The molecule has 0 saturated heterocycles. The van der Waals surface area contributed by atoms with E-state index in [2.05, 4.69) is 15.3 Å². The number of rotatable bonds is 3. The molecule has 0 spiro atoms. The number of carbonyl (C=O) groups excluding carboxylic acids is 1. The normalized spacial score (nSPS) is 10.5. The monoisotopic (exact) mass is 278 g/mol. The summed E-state index contributed by atoms with van der Waals surface area (Å²) in [5, 5.41) is 3.63. The van der Waals surface area contributed by atoms with Gasteiger partial charge in [0.15, 0.2) is 5.69 Å². The summed E-state index contributed by atoms with van der Waals surface area (Å²) in [5.74, 6) is -0.302. The minimum Gasteiger partial charge on any atom is -0.395 e. The summed E-state index contributed by atoms with van der Waals surface area (Å²) in [7, 11) is 0. The van der Waals surface area contributed by atoms with Gasteiger partial charge in [0.05, 0.1) is 11.2 Å². The fourth-order valence-corrected chi connectivity index (χ4v) is 2.11. The van der Waals surface area contributed by atoms with Crippen LogP contribution in [0.4, 0.5) is 5.69 Å². The van der Waals surface area contributed by atoms with Crippen molar-refractivity contribution >= 4 is 22.5 Å². The standard InChI is InChI=1S/C16H14N4O/c17-13-14-12(7-4-8-18-14)10-19-15(13)16(21)20-9-11-5-2-1-3-6-11/h1-8,10H,9,17H2,(H,20,21). The molecule has 0 saturated carbocycles. The second-order valence-electron chi connectivity index (χ2n) is 4.63. The van der Waals surface area contributed by atoms with Crippen molar-refractivity contribution in [1.29, 1.82) is 0 Å². The molecule has 0 bridgehead atoms. The van der Waals surface area contributed by atoms with Crippen molar-refractivity contribution in [3.05, 3.63) is 66.1 Å². The van der Waals surface area contributed by atoms with Gasteiger partial charge in [-0.3, -0.25) is 9.78 Å². The zero-order valence-electron chi connectivity index (χ0n) is 11.3. The second-order valence-corrected chi connectivity index (χ2v) is 4.63. The average Bonchev–Trinajstić information content (AvgIpc) is 2.54. The summed E-state index contributed by atoms with van der Waals surface area (Å²) < 4.78 is 0. The molecule has 5 nitrogen and oxygen atoms in total. The lowest BCUT2D eigenvalue weighted by Gasteiger charge is -2.08. The number of nitrogens with zero attached hydrogens (tertiary/aromatic N) is 2. The first kappa shape index (κ1) is 13.1. The zero-order chi connectivity index (χ0) is 14.7. The quantitative estimate of drug-likeness (QED) is 0.769. The Hall–Kier alpha value is -2.95. The Bertz CT molecular complexity index is 787. The zero-order valence-corrected chi connectivity index (χ0v) is 11.3. The fourth-order valence-electron chi connectivity index (χ4n) is 2.11. The van der Waals surface area contributed by atoms with E-state index in [1.54, 1.807) is 18.5 Å². The Balaban J connectivity index is 1.83. The molecule has 0 atom stereocenters. The molecule has 0 fully saturated rings. The molecule has 3 aromatic rings. The van der Waals surface area contributed by atoms with Crippen LogP contribution in [0.2, 0.25) is 0 Å². The van der Waals surface area contributed by atoms with Crippen LogP contribution in [0.25, 0.3) is 10.9 Å². The summed E-state index contributed by atoms with van der Waals surface area (Å²) in [5.41, 5.74) is 8.12. The van der Waals surface area contributed by atoms with Gasteiger partial charge in [-0.15, -0.1) is 0 Å². The van der Waals surface area contributed by atoms with Crippen molar-refractivity contribution in [3.8, 4) is 0 Å². The van der Waals surface area contributed by atoms with Gasteiger partial charge in [-0.05, 0) is 17.7 Å². The van der Waals surface area contributed by atoms with Crippen molar-refractivity contribution in [3.63, 3.8) is 0 Å². The summed E-state index contributed by atoms with van der Waals surface area (Å²) in [6.45, 7) is 0.432. The molecule has 5 heteroatoms. The molecule has 2 aromatic heterocycles. The summed E-state index contributed by atoms with van der Waals surface area (Å²) in [6, 6.07) is 13.3. The number of nitrogens with two attached hydrogens (primary N) is 1. The maximum atomic E-state index is 12.2. The van der Waals surface area contributed by atoms with Crippen molar-refractivity contribution in [1.82, 2.24) is 15.3 Å².